The average Bonchev–Trinajstić information content (AvgIpc) is 2.37. The van der Waals surface area contributed by atoms with Gasteiger partial charge in [-0.3, -0.25) is 0 Å². The zero-order valence-corrected chi connectivity index (χ0v) is 10.8. The Hall–Kier alpha value is -1.02. The first-order valence-corrected chi connectivity index (χ1v) is 6.72. The van der Waals surface area contributed by atoms with Gasteiger partial charge in [0, 0.05) is 0 Å². The van der Waals surface area contributed by atoms with E-state index in [4.69, 9.17) is 4.74 Å². The third kappa shape index (κ3) is 2.81. The molecule has 94 valence electrons. The molecule has 0 fully saturated rings. The van der Waals surface area contributed by atoms with E-state index >= 15 is 0 Å². The predicted molar refractivity (Wildman–Crippen MR) is 69.3 cm³/mol. The van der Waals surface area contributed by atoms with E-state index in [2.05, 4.69) is 19.9 Å². The van der Waals surface area contributed by atoms with Gasteiger partial charge in [-0.15, -0.1) is 0 Å². The quantitative estimate of drug-likeness (QED) is 0.862. The highest BCUT2D eigenvalue weighted by Gasteiger charge is 2.18. The number of hydrogen-bond donors (Lipinski definition) is 1. The molecule has 1 aromatic carbocycles. The molecule has 0 aromatic heterocycles. The number of benzene rings is 1. The van der Waals surface area contributed by atoms with Gasteiger partial charge in [0.25, 0.3) is 0 Å². The van der Waals surface area contributed by atoms with E-state index in [1.54, 1.807) is 0 Å². The third-order valence-electron chi connectivity index (χ3n) is 3.61. The van der Waals surface area contributed by atoms with Crippen molar-refractivity contribution in [3.63, 3.8) is 0 Å². The summed E-state index contributed by atoms with van der Waals surface area (Å²) in [6, 6.07) is 6.17. The van der Waals surface area contributed by atoms with Crippen molar-refractivity contribution >= 4 is 0 Å². The lowest BCUT2D eigenvalue weighted by atomic mass is 9.89. The molecular weight excluding hydrogens is 212 g/mol. The largest absolute Gasteiger partial charge is 0.490 e. The maximum Gasteiger partial charge on any atom is 0.120 e. The van der Waals surface area contributed by atoms with Crippen LogP contribution in [0.2, 0.25) is 0 Å². The molecule has 0 aliphatic heterocycles. The first-order chi connectivity index (χ1) is 8.24. The molecule has 0 radical (unpaired) electrons. The second-order valence-electron chi connectivity index (χ2n) is 4.83. The molecule has 2 heteroatoms. The smallest absolute Gasteiger partial charge is 0.120 e. The standard InChI is InChI=1S/C15H22O2/c1-3-12(4-2)17-13-9-8-11-6-5-7-15(16)14(11)10-13/h8-10,12,15-16H,3-7H2,1-2H3. The molecule has 0 saturated heterocycles. The molecule has 1 aromatic rings. The number of hydrogen-bond acceptors (Lipinski definition) is 2. The molecule has 2 rings (SSSR count). The minimum absolute atomic E-state index is 0.286. The molecule has 0 bridgehead atoms. The summed E-state index contributed by atoms with van der Waals surface area (Å²) in [6.07, 6.45) is 5.07. The third-order valence-corrected chi connectivity index (χ3v) is 3.61. The Morgan fingerprint density at radius 1 is 1.35 bits per heavy atom. The SMILES string of the molecule is CCC(CC)Oc1ccc2c(c1)C(O)CCC2. The van der Waals surface area contributed by atoms with Crippen molar-refractivity contribution in [2.45, 2.75) is 58.2 Å². The normalized spacial score (nSPS) is 19.2. The Morgan fingerprint density at radius 2 is 2.12 bits per heavy atom. The van der Waals surface area contributed by atoms with Crippen molar-refractivity contribution in [1.82, 2.24) is 0 Å². The molecule has 0 saturated carbocycles. The molecular formula is C15H22O2. The van der Waals surface area contributed by atoms with Crippen molar-refractivity contribution in [2.24, 2.45) is 0 Å². The van der Waals surface area contributed by atoms with Gasteiger partial charge in [-0.25, -0.2) is 0 Å². The van der Waals surface area contributed by atoms with Gasteiger partial charge in [-0.2, -0.15) is 0 Å². The molecule has 0 heterocycles. The van der Waals surface area contributed by atoms with E-state index in [0.717, 1.165) is 43.4 Å². The maximum atomic E-state index is 9.98. The summed E-state index contributed by atoms with van der Waals surface area (Å²) >= 11 is 0. The number of ether oxygens (including phenoxy) is 1. The van der Waals surface area contributed by atoms with E-state index < -0.39 is 0 Å². The van der Waals surface area contributed by atoms with Crippen LogP contribution in [0.4, 0.5) is 0 Å². The maximum absolute atomic E-state index is 9.98. The molecule has 1 aliphatic rings. The van der Waals surface area contributed by atoms with Crippen LogP contribution in [0.5, 0.6) is 5.75 Å². The lowest BCUT2D eigenvalue weighted by molar-refractivity contribution is 0.154. The first-order valence-electron chi connectivity index (χ1n) is 6.72. The highest BCUT2D eigenvalue weighted by atomic mass is 16.5. The highest BCUT2D eigenvalue weighted by molar-refractivity contribution is 5.38. The number of aryl methyl sites for hydroxylation is 1. The van der Waals surface area contributed by atoms with E-state index in [1.807, 2.05) is 12.1 Å². The fourth-order valence-corrected chi connectivity index (χ4v) is 2.47. The number of rotatable bonds is 4. The summed E-state index contributed by atoms with van der Waals surface area (Å²) in [7, 11) is 0. The summed E-state index contributed by atoms with van der Waals surface area (Å²) in [5.41, 5.74) is 2.35. The van der Waals surface area contributed by atoms with Gasteiger partial charge in [0.2, 0.25) is 0 Å². The van der Waals surface area contributed by atoms with E-state index in [9.17, 15) is 5.11 Å². The van der Waals surface area contributed by atoms with Gasteiger partial charge in [0.1, 0.15) is 5.75 Å². The topological polar surface area (TPSA) is 29.5 Å². The number of fused-ring (bicyclic) bond motifs is 1. The number of aliphatic hydroxyl groups is 1. The summed E-state index contributed by atoms with van der Waals surface area (Å²) in [4.78, 5) is 0. The van der Waals surface area contributed by atoms with Crippen LogP contribution in [-0.4, -0.2) is 11.2 Å². The highest BCUT2D eigenvalue weighted by Crippen LogP contribution is 2.32. The lowest BCUT2D eigenvalue weighted by Crippen LogP contribution is -2.15. The van der Waals surface area contributed by atoms with E-state index in [1.165, 1.54) is 5.56 Å². The van der Waals surface area contributed by atoms with Gasteiger partial charge < -0.3 is 9.84 Å². The molecule has 1 N–H and O–H groups in total. The van der Waals surface area contributed by atoms with Crippen molar-refractivity contribution in [2.75, 3.05) is 0 Å². The van der Waals surface area contributed by atoms with Crippen LogP contribution in [0.15, 0.2) is 18.2 Å². The van der Waals surface area contributed by atoms with Gasteiger partial charge in [0.05, 0.1) is 12.2 Å². The Kier molecular flexibility index (Phi) is 4.06. The van der Waals surface area contributed by atoms with Crippen molar-refractivity contribution in [3.8, 4) is 5.75 Å². The molecule has 17 heavy (non-hydrogen) atoms. The van der Waals surface area contributed by atoms with Crippen LogP contribution in [0.3, 0.4) is 0 Å². The molecule has 1 atom stereocenters. The zero-order valence-electron chi connectivity index (χ0n) is 10.8. The van der Waals surface area contributed by atoms with E-state index in [0.29, 0.717) is 0 Å². The van der Waals surface area contributed by atoms with Crippen LogP contribution >= 0.6 is 0 Å². The second kappa shape index (κ2) is 5.54. The lowest BCUT2D eigenvalue weighted by Gasteiger charge is -2.23. The van der Waals surface area contributed by atoms with Crippen molar-refractivity contribution < 1.29 is 9.84 Å². The Labute approximate surface area is 104 Å². The Bertz CT molecular complexity index is 369. The molecule has 1 unspecified atom stereocenters. The predicted octanol–water partition coefficient (Wildman–Crippen LogP) is 3.62. The van der Waals surface area contributed by atoms with Gasteiger partial charge in [-0.05, 0) is 55.4 Å². The Balaban J connectivity index is 2.17. The van der Waals surface area contributed by atoms with Crippen molar-refractivity contribution in [3.05, 3.63) is 29.3 Å². The van der Waals surface area contributed by atoms with Crippen LogP contribution in [0, 0.1) is 0 Å². The molecule has 0 spiro atoms. The fourth-order valence-electron chi connectivity index (χ4n) is 2.47. The summed E-state index contributed by atoms with van der Waals surface area (Å²) < 4.78 is 5.92. The van der Waals surface area contributed by atoms with Crippen LogP contribution in [0.25, 0.3) is 0 Å². The first kappa shape index (κ1) is 12.4. The zero-order chi connectivity index (χ0) is 12.3. The summed E-state index contributed by atoms with van der Waals surface area (Å²) in [5, 5.41) is 9.98. The minimum Gasteiger partial charge on any atom is -0.490 e. The number of aliphatic hydroxyl groups excluding tert-OH is 1. The molecule has 1 aliphatic carbocycles. The molecule has 0 amide bonds. The monoisotopic (exact) mass is 234 g/mol. The minimum atomic E-state index is -0.302. The summed E-state index contributed by atoms with van der Waals surface area (Å²) in [6.45, 7) is 4.28. The van der Waals surface area contributed by atoms with Crippen LogP contribution in [-0.2, 0) is 6.42 Å². The van der Waals surface area contributed by atoms with E-state index in [-0.39, 0.29) is 12.2 Å². The van der Waals surface area contributed by atoms with Crippen LogP contribution < -0.4 is 4.74 Å². The summed E-state index contributed by atoms with van der Waals surface area (Å²) in [5.74, 6) is 0.901. The second-order valence-corrected chi connectivity index (χ2v) is 4.83. The van der Waals surface area contributed by atoms with Gasteiger partial charge in [-0.1, -0.05) is 19.9 Å². The van der Waals surface area contributed by atoms with Gasteiger partial charge >= 0.3 is 0 Å². The average molecular weight is 234 g/mol. The van der Waals surface area contributed by atoms with Crippen molar-refractivity contribution in [1.29, 1.82) is 0 Å². The van der Waals surface area contributed by atoms with Crippen LogP contribution in [0.1, 0.15) is 56.8 Å². The fraction of sp³-hybridized carbons (Fsp3) is 0.600. The molecule has 2 nitrogen and oxygen atoms in total. The van der Waals surface area contributed by atoms with Gasteiger partial charge in [0.15, 0.2) is 0 Å². The Morgan fingerprint density at radius 3 is 2.82 bits per heavy atom.